The summed E-state index contributed by atoms with van der Waals surface area (Å²) in [6.45, 7) is 6.18. The highest BCUT2D eigenvalue weighted by Gasteiger charge is 2.18. The zero-order chi connectivity index (χ0) is 20.8. The van der Waals surface area contributed by atoms with Gasteiger partial charge in [-0.25, -0.2) is 0 Å². The van der Waals surface area contributed by atoms with Gasteiger partial charge in [0.25, 0.3) is 0 Å². The van der Waals surface area contributed by atoms with E-state index in [9.17, 15) is 4.79 Å². The number of carbonyl (C=O) groups excluding carboxylic acids is 1. The molecule has 0 bridgehead atoms. The van der Waals surface area contributed by atoms with E-state index in [1.54, 1.807) is 0 Å². The summed E-state index contributed by atoms with van der Waals surface area (Å²) in [4.78, 5) is 17.2. The van der Waals surface area contributed by atoms with Gasteiger partial charge in [-0.1, -0.05) is 89.5 Å². The van der Waals surface area contributed by atoms with Crippen molar-refractivity contribution in [3.63, 3.8) is 0 Å². The summed E-state index contributed by atoms with van der Waals surface area (Å²) in [5.74, 6) is -0.272. The smallest absolute Gasteiger partial charge is 0.308 e. The Hall–Kier alpha value is -3.20. The second kappa shape index (κ2) is 9.33. The average molecular weight is 386 g/mol. The number of esters is 1. The summed E-state index contributed by atoms with van der Waals surface area (Å²) in [6, 6.07) is 24.5. The first-order valence-electron chi connectivity index (χ1n) is 9.81. The van der Waals surface area contributed by atoms with E-state index in [1.165, 1.54) is 23.8 Å². The zero-order valence-electron chi connectivity index (χ0n) is 17.5. The molecule has 0 spiro atoms. The normalized spacial score (nSPS) is 11.6. The van der Waals surface area contributed by atoms with Crippen LogP contribution in [-0.4, -0.2) is 18.8 Å². The van der Waals surface area contributed by atoms with Crippen molar-refractivity contribution >= 4 is 11.7 Å². The van der Waals surface area contributed by atoms with E-state index in [4.69, 9.17) is 9.73 Å². The number of ether oxygens (including phenoxy) is 1. The van der Waals surface area contributed by atoms with Crippen molar-refractivity contribution in [1.29, 1.82) is 0 Å². The van der Waals surface area contributed by atoms with E-state index < -0.39 is 0 Å². The molecule has 1 unspecified atom stereocenters. The molecule has 0 aliphatic heterocycles. The molecule has 29 heavy (non-hydrogen) atoms. The topological polar surface area (TPSA) is 38.7 Å². The molecule has 3 aromatic carbocycles. The van der Waals surface area contributed by atoms with Crippen molar-refractivity contribution in [3.8, 4) is 0 Å². The second-order valence-electron chi connectivity index (χ2n) is 7.42. The number of rotatable bonds is 6. The van der Waals surface area contributed by atoms with Crippen molar-refractivity contribution in [1.82, 2.24) is 0 Å². The zero-order valence-corrected chi connectivity index (χ0v) is 17.5. The van der Waals surface area contributed by atoms with E-state index in [1.807, 2.05) is 31.2 Å². The quantitative estimate of drug-likeness (QED) is 0.400. The Bertz CT molecular complexity index is 937. The summed E-state index contributed by atoms with van der Waals surface area (Å²) in [6.07, 6.45) is 0.195. The van der Waals surface area contributed by atoms with E-state index in [2.05, 4.69) is 62.4 Å². The Morgan fingerprint density at radius 2 is 1.17 bits per heavy atom. The molecule has 0 aliphatic carbocycles. The first-order chi connectivity index (χ1) is 14.0. The number of methoxy groups -OCH3 is 1. The molecule has 0 N–H and O–H groups in total. The van der Waals surface area contributed by atoms with Gasteiger partial charge < -0.3 is 4.74 Å². The van der Waals surface area contributed by atoms with Gasteiger partial charge in [0.2, 0.25) is 0 Å². The van der Waals surface area contributed by atoms with Crippen LogP contribution in [0.4, 0.5) is 0 Å². The highest BCUT2D eigenvalue weighted by atomic mass is 16.5. The molecule has 3 nitrogen and oxygen atoms in total. The average Bonchev–Trinajstić information content (AvgIpc) is 2.73. The Labute approximate surface area is 173 Å². The number of hydrogen-bond acceptors (Lipinski definition) is 3. The number of aliphatic imine (C=N–C) groups is 1. The molecule has 0 radical (unpaired) electrons. The molecule has 3 rings (SSSR count). The Kier molecular flexibility index (Phi) is 6.61. The fourth-order valence-corrected chi connectivity index (χ4v) is 3.16. The number of benzene rings is 3. The predicted octanol–water partition coefficient (Wildman–Crippen LogP) is 5.75. The standard InChI is InChI=1S/C26H27NO2/c1-18-5-11-21(12-6-18)24(17-25(28)29-4)27-26(22-13-7-19(2)8-14-22)23-15-9-20(3)10-16-23/h5-16,24H,17H2,1-4H3. The third-order valence-corrected chi connectivity index (χ3v) is 4.98. The number of nitrogens with zero attached hydrogens (tertiary/aromatic N) is 1. The van der Waals surface area contributed by atoms with E-state index in [0.29, 0.717) is 0 Å². The summed E-state index contributed by atoms with van der Waals surface area (Å²) in [7, 11) is 1.42. The van der Waals surface area contributed by atoms with Gasteiger partial charge >= 0.3 is 5.97 Å². The maximum Gasteiger partial charge on any atom is 0.308 e. The minimum Gasteiger partial charge on any atom is -0.469 e. The number of aryl methyl sites for hydroxylation is 3. The van der Waals surface area contributed by atoms with Crippen molar-refractivity contribution in [2.24, 2.45) is 4.99 Å². The molecule has 0 heterocycles. The second-order valence-corrected chi connectivity index (χ2v) is 7.42. The van der Waals surface area contributed by atoms with Crippen LogP contribution in [0, 0.1) is 20.8 Å². The maximum absolute atomic E-state index is 12.1. The molecule has 0 aliphatic rings. The molecule has 3 aromatic rings. The van der Waals surface area contributed by atoms with Gasteiger partial charge in [0, 0.05) is 11.1 Å². The number of carbonyl (C=O) groups is 1. The van der Waals surface area contributed by atoms with Crippen LogP contribution in [0.15, 0.2) is 77.8 Å². The minimum atomic E-state index is -0.319. The molecule has 0 amide bonds. The van der Waals surface area contributed by atoms with Crippen molar-refractivity contribution in [3.05, 3.63) is 106 Å². The molecular formula is C26H27NO2. The molecule has 148 valence electrons. The Morgan fingerprint density at radius 3 is 1.59 bits per heavy atom. The first-order valence-corrected chi connectivity index (χ1v) is 9.81. The van der Waals surface area contributed by atoms with Gasteiger partial charge in [-0.15, -0.1) is 0 Å². The van der Waals surface area contributed by atoms with Gasteiger partial charge in [-0.2, -0.15) is 0 Å². The summed E-state index contributed by atoms with van der Waals surface area (Å²) in [5, 5.41) is 0. The fourth-order valence-electron chi connectivity index (χ4n) is 3.16. The summed E-state index contributed by atoms with van der Waals surface area (Å²) >= 11 is 0. The Morgan fingerprint density at radius 1 is 0.759 bits per heavy atom. The lowest BCUT2D eigenvalue weighted by Crippen LogP contribution is -2.12. The van der Waals surface area contributed by atoms with Gasteiger partial charge in [0.05, 0.1) is 25.3 Å². The molecule has 0 fully saturated rings. The first kappa shape index (κ1) is 20.5. The number of hydrogen-bond donors (Lipinski definition) is 0. The molecule has 0 saturated heterocycles. The van der Waals surface area contributed by atoms with Crippen LogP contribution in [0.1, 0.15) is 45.8 Å². The van der Waals surface area contributed by atoms with Crippen LogP contribution in [0.25, 0.3) is 0 Å². The molecule has 1 atom stereocenters. The fraction of sp³-hybridized carbons (Fsp3) is 0.231. The van der Waals surface area contributed by atoms with Gasteiger partial charge in [-0.05, 0) is 26.3 Å². The minimum absolute atomic E-state index is 0.195. The lowest BCUT2D eigenvalue weighted by Gasteiger charge is -2.16. The van der Waals surface area contributed by atoms with Crippen LogP contribution < -0.4 is 0 Å². The highest BCUT2D eigenvalue weighted by molar-refractivity contribution is 6.13. The molecular weight excluding hydrogens is 358 g/mol. The lowest BCUT2D eigenvalue weighted by molar-refractivity contribution is -0.141. The van der Waals surface area contributed by atoms with Gasteiger partial charge in [0.1, 0.15) is 0 Å². The van der Waals surface area contributed by atoms with Crippen molar-refractivity contribution in [2.45, 2.75) is 33.2 Å². The van der Waals surface area contributed by atoms with Gasteiger partial charge in [-0.3, -0.25) is 9.79 Å². The SMILES string of the molecule is COC(=O)CC(N=C(c1ccc(C)cc1)c1ccc(C)cc1)c1ccc(C)cc1. The van der Waals surface area contributed by atoms with Crippen molar-refractivity contribution in [2.75, 3.05) is 7.11 Å². The molecule has 0 saturated carbocycles. The van der Waals surface area contributed by atoms with Gasteiger partial charge in [0.15, 0.2) is 0 Å². The van der Waals surface area contributed by atoms with Crippen LogP contribution >= 0.6 is 0 Å². The molecule has 3 heteroatoms. The van der Waals surface area contributed by atoms with Crippen LogP contribution in [0.5, 0.6) is 0 Å². The Balaban J connectivity index is 2.12. The van der Waals surface area contributed by atoms with E-state index in [0.717, 1.165) is 22.4 Å². The van der Waals surface area contributed by atoms with Crippen LogP contribution in [-0.2, 0) is 9.53 Å². The van der Waals surface area contributed by atoms with Crippen LogP contribution in [0.2, 0.25) is 0 Å². The van der Waals surface area contributed by atoms with E-state index >= 15 is 0 Å². The largest absolute Gasteiger partial charge is 0.469 e. The summed E-state index contributed by atoms with van der Waals surface area (Å²) in [5.41, 5.74) is 7.50. The summed E-state index contributed by atoms with van der Waals surface area (Å²) < 4.78 is 4.94. The third kappa shape index (κ3) is 5.41. The maximum atomic E-state index is 12.1. The predicted molar refractivity (Wildman–Crippen MR) is 119 cm³/mol. The monoisotopic (exact) mass is 385 g/mol. The van der Waals surface area contributed by atoms with Crippen LogP contribution in [0.3, 0.4) is 0 Å². The van der Waals surface area contributed by atoms with Crippen molar-refractivity contribution < 1.29 is 9.53 Å². The van der Waals surface area contributed by atoms with E-state index in [-0.39, 0.29) is 18.4 Å². The third-order valence-electron chi connectivity index (χ3n) is 4.98. The highest BCUT2D eigenvalue weighted by Crippen LogP contribution is 2.25. The molecule has 0 aromatic heterocycles. The lowest BCUT2D eigenvalue weighted by atomic mass is 9.98.